The predicted molar refractivity (Wildman–Crippen MR) is 55.6 cm³/mol. The molecule has 1 N–H and O–H groups in total. The molecule has 2 nitrogen and oxygen atoms in total. The van der Waals surface area contributed by atoms with Crippen molar-refractivity contribution in [1.82, 2.24) is 0 Å². The van der Waals surface area contributed by atoms with Crippen LogP contribution in [0.3, 0.4) is 0 Å². The van der Waals surface area contributed by atoms with E-state index in [1.807, 2.05) is 0 Å². The van der Waals surface area contributed by atoms with Crippen LogP contribution in [0.1, 0.15) is 25.3 Å². The summed E-state index contributed by atoms with van der Waals surface area (Å²) in [6.45, 7) is 0.713. The number of ether oxygens (including phenoxy) is 1. The predicted octanol–water partition coefficient (Wildman–Crippen LogP) is 2.84. The third-order valence-electron chi connectivity index (χ3n) is 2.80. The van der Waals surface area contributed by atoms with Crippen LogP contribution in [0.15, 0.2) is 18.2 Å². The molecule has 0 spiro atoms. The van der Waals surface area contributed by atoms with Gasteiger partial charge in [-0.2, -0.15) is 0 Å². The van der Waals surface area contributed by atoms with E-state index >= 15 is 0 Å². The highest BCUT2D eigenvalue weighted by atomic mass is 19.3. The van der Waals surface area contributed by atoms with Gasteiger partial charge in [-0.15, -0.1) is 0 Å². The molecule has 0 heterocycles. The third-order valence-corrected chi connectivity index (χ3v) is 2.80. The molecule has 1 aromatic rings. The van der Waals surface area contributed by atoms with Gasteiger partial charge in [0.15, 0.2) is 11.6 Å². The Balaban J connectivity index is 2.09. The summed E-state index contributed by atoms with van der Waals surface area (Å²) in [5, 5.41) is 9.04. The summed E-state index contributed by atoms with van der Waals surface area (Å²) in [5.74, 6) is -3.91. The van der Waals surface area contributed by atoms with E-state index < -0.39 is 17.8 Å². The lowest BCUT2D eigenvalue weighted by Gasteiger charge is -2.31. The molecule has 0 aliphatic heterocycles. The minimum absolute atomic E-state index is 0.0464. The zero-order chi connectivity index (χ0) is 12.6. The lowest BCUT2D eigenvalue weighted by Crippen LogP contribution is -2.37. The molecule has 0 saturated heterocycles. The van der Waals surface area contributed by atoms with Crippen molar-refractivity contribution in [2.45, 2.75) is 37.9 Å². The monoisotopic (exact) mass is 246 g/mol. The van der Waals surface area contributed by atoms with E-state index in [4.69, 9.17) is 9.84 Å². The summed E-state index contributed by atoms with van der Waals surface area (Å²) in [4.78, 5) is 0. The Hall–Kier alpha value is -1.23. The van der Waals surface area contributed by atoms with Crippen molar-refractivity contribution in [3.63, 3.8) is 0 Å². The average Bonchev–Trinajstić information content (AvgIpc) is 2.16. The summed E-state index contributed by atoms with van der Waals surface area (Å²) in [6.07, 6.45) is 0.269. The Morgan fingerprint density at radius 1 is 1.35 bits per heavy atom. The van der Waals surface area contributed by atoms with Crippen molar-refractivity contribution >= 4 is 0 Å². The van der Waals surface area contributed by atoms with Crippen molar-refractivity contribution in [2.24, 2.45) is 0 Å². The van der Waals surface area contributed by atoms with Gasteiger partial charge < -0.3 is 9.84 Å². The van der Waals surface area contributed by atoms with Gasteiger partial charge in [-0.05, 0) is 18.2 Å². The number of hydrogen-bond donors (Lipinski definition) is 1. The molecule has 1 aromatic carbocycles. The highest BCUT2D eigenvalue weighted by molar-refractivity contribution is 5.31. The molecular weight excluding hydrogens is 233 g/mol. The van der Waals surface area contributed by atoms with Crippen LogP contribution in [0.2, 0.25) is 0 Å². The molecule has 0 radical (unpaired) electrons. The molecule has 94 valence electrons. The van der Waals surface area contributed by atoms with E-state index in [0.717, 1.165) is 12.1 Å². The second-order valence-corrected chi connectivity index (χ2v) is 4.40. The van der Waals surface area contributed by atoms with Crippen molar-refractivity contribution < 1.29 is 23.0 Å². The molecule has 17 heavy (non-hydrogen) atoms. The lowest BCUT2D eigenvalue weighted by molar-refractivity contribution is -0.0126. The van der Waals surface area contributed by atoms with Crippen molar-refractivity contribution in [3.05, 3.63) is 29.6 Å². The van der Waals surface area contributed by atoms with Gasteiger partial charge in [0, 0.05) is 25.3 Å². The number of alkyl halides is 2. The first-order valence-corrected chi connectivity index (χ1v) is 5.39. The van der Waals surface area contributed by atoms with Crippen LogP contribution in [0.4, 0.5) is 13.2 Å². The number of aliphatic hydroxyl groups excluding tert-OH is 1. The van der Waals surface area contributed by atoms with Gasteiger partial charge in [-0.1, -0.05) is 0 Å². The molecule has 1 aliphatic rings. The Morgan fingerprint density at radius 3 is 2.47 bits per heavy atom. The van der Waals surface area contributed by atoms with Crippen LogP contribution >= 0.6 is 0 Å². The second-order valence-electron chi connectivity index (χ2n) is 4.40. The second kappa shape index (κ2) is 4.22. The quantitative estimate of drug-likeness (QED) is 0.888. The Bertz CT molecular complexity index is 409. The molecule has 1 aliphatic carbocycles. The van der Waals surface area contributed by atoms with Crippen LogP contribution < -0.4 is 4.74 Å². The van der Waals surface area contributed by atoms with Crippen LogP contribution in [-0.4, -0.2) is 17.3 Å². The fraction of sp³-hybridized carbons (Fsp3) is 0.500. The summed E-state index contributed by atoms with van der Waals surface area (Å²) in [6, 6.07) is 3.13. The first kappa shape index (κ1) is 12.2. The maximum Gasteiger partial charge on any atom is 0.270 e. The van der Waals surface area contributed by atoms with Crippen LogP contribution in [0.5, 0.6) is 5.75 Å². The maximum atomic E-state index is 13.5. The molecule has 0 amide bonds. The van der Waals surface area contributed by atoms with E-state index in [1.54, 1.807) is 0 Å². The molecular formula is C12H13F3O2. The largest absolute Gasteiger partial charge is 0.487 e. The van der Waals surface area contributed by atoms with Crippen molar-refractivity contribution in [2.75, 3.05) is 0 Å². The maximum absolute atomic E-state index is 13.5. The van der Waals surface area contributed by atoms with E-state index in [2.05, 4.69) is 0 Å². The molecule has 1 saturated carbocycles. The van der Waals surface area contributed by atoms with Gasteiger partial charge in [0.05, 0.1) is 6.10 Å². The lowest BCUT2D eigenvalue weighted by atomic mass is 9.92. The Kier molecular flexibility index (Phi) is 3.03. The number of halogens is 3. The molecule has 0 atom stereocenters. The standard InChI is InChI=1S/C12H13F3O2/c1-12(14,15)7-2-3-11(10(13)4-7)17-9-5-8(16)6-9/h2-4,8-9,16H,5-6H2,1H3/t8-,9+. The molecule has 0 bridgehead atoms. The van der Waals surface area contributed by atoms with E-state index in [9.17, 15) is 13.2 Å². The number of hydrogen-bond acceptors (Lipinski definition) is 2. The average molecular weight is 246 g/mol. The minimum Gasteiger partial charge on any atom is -0.487 e. The SMILES string of the molecule is CC(F)(F)c1ccc(O[C@H]2C[C@@H](O)C2)c(F)c1. The number of benzene rings is 1. The molecule has 1 fully saturated rings. The zero-order valence-electron chi connectivity index (χ0n) is 9.29. The van der Waals surface area contributed by atoms with Gasteiger partial charge in [-0.3, -0.25) is 0 Å². The van der Waals surface area contributed by atoms with Gasteiger partial charge in [-0.25, -0.2) is 13.2 Å². The molecule has 0 unspecified atom stereocenters. The summed E-state index contributed by atoms with van der Waals surface area (Å²) < 4.78 is 44.6. The third kappa shape index (κ3) is 2.72. The molecule has 0 aromatic heterocycles. The van der Waals surface area contributed by atoms with E-state index in [1.165, 1.54) is 6.07 Å². The number of rotatable bonds is 3. The molecule has 5 heteroatoms. The first-order valence-electron chi connectivity index (χ1n) is 5.39. The van der Waals surface area contributed by atoms with Crippen molar-refractivity contribution in [3.8, 4) is 5.75 Å². The van der Waals surface area contributed by atoms with E-state index in [-0.39, 0.29) is 17.4 Å². The highest BCUT2D eigenvalue weighted by Gasteiger charge is 2.30. The summed E-state index contributed by atoms with van der Waals surface area (Å²) in [5.41, 5.74) is -0.379. The van der Waals surface area contributed by atoms with E-state index in [0.29, 0.717) is 19.8 Å². The van der Waals surface area contributed by atoms with Gasteiger partial charge >= 0.3 is 0 Å². The minimum atomic E-state index is -3.06. The van der Waals surface area contributed by atoms with Crippen LogP contribution in [-0.2, 0) is 5.92 Å². The molecule has 2 rings (SSSR count). The van der Waals surface area contributed by atoms with Gasteiger partial charge in [0.2, 0.25) is 0 Å². The van der Waals surface area contributed by atoms with Gasteiger partial charge in [0.25, 0.3) is 5.92 Å². The summed E-state index contributed by atoms with van der Waals surface area (Å²) in [7, 11) is 0. The van der Waals surface area contributed by atoms with Crippen LogP contribution in [0.25, 0.3) is 0 Å². The fourth-order valence-corrected chi connectivity index (χ4v) is 1.68. The topological polar surface area (TPSA) is 29.5 Å². The smallest absolute Gasteiger partial charge is 0.270 e. The van der Waals surface area contributed by atoms with Crippen molar-refractivity contribution in [1.29, 1.82) is 0 Å². The summed E-state index contributed by atoms with van der Waals surface area (Å²) >= 11 is 0. The fourth-order valence-electron chi connectivity index (χ4n) is 1.68. The first-order chi connectivity index (χ1) is 7.86. The number of aliphatic hydroxyl groups is 1. The van der Waals surface area contributed by atoms with Gasteiger partial charge in [0.1, 0.15) is 6.10 Å². The van der Waals surface area contributed by atoms with Crippen LogP contribution in [0, 0.1) is 5.82 Å². The Labute approximate surface area is 97.0 Å². The normalized spacial score (nSPS) is 24.3. The highest BCUT2D eigenvalue weighted by Crippen LogP contribution is 2.32. The zero-order valence-corrected chi connectivity index (χ0v) is 9.29. The Morgan fingerprint density at radius 2 is 2.00 bits per heavy atom.